The summed E-state index contributed by atoms with van der Waals surface area (Å²) in [5.74, 6) is 0. The third kappa shape index (κ3) is 3.95. The summed E-state index contributed by atoms with van der Waals surface area (Å²) in [6, 6.07) is 9.93. The van der Waals surface area contributed by atoms with Crippen LogP contribution in [0.2, 0.25) is 0 Å². The highest BCUT2D eigenvalue weighted by molar-refractivity contribution is 5.67. The maximum Gasteiger partial charge on any atom is 0.424 e. The van der Waals surface area contributed by atoms with Crippen molar-refractivity contribution in [1.82, 2.24) is 10.0 Å². The van der Waals surface area contributed by atoms with Gasteiger partial charge in [0.1, 0.15) is 6.61 Å². The van der Waals surface area contributed by atoms with Gasteiger partial charge in [-0.2, -0.15) is 0 Å². The molecule has 0 aromatic heterocycles. The number of hydrazine groups is 1. The van der Waals surface area contributed by atoms with E-state index in [0.717, 1.165) is 5.56 Å². The van der Waals surface area contributed by atoms with Crippen LogP contribution in [-0.2, 0) is 16.1 Å². The lowest BCUT2D eigenvalue weighted by atomic mass is 10.2. The van der Waals surface area contributed by atoms with Crippen molar-refractivity contribution in [3.8, 4) is 0 Å². The molecule has 110 valence electrons. The third-order valence-electron chi connectivity index (χ3n) is 3.23. The summed E-state index contributed by atoms with van der Waals surface area (Å²) < 4.78 is 10.8. The van der Waals surface area contributed by atoms with Gasteiger partial charge in [0.25, 0.3) is 0 Å². The van der Waals surface area contributed by atoms with Crippen molar-refractivity contribution in [3.63, 3.8) is 0 Å². The van der Waals surface area contributed by atoms with Crippen LogP contribution in [0.1, 0.15) is 19.4 Å². The molecule has 0 spiro atoms. The predicted octanol–water partition coefficient (Wildman–Crippen LogP) is 2.28. The number of hydrogen-bond donors (Lipinski definition) is 0. The SMILES string of the molecule is CC(C)N1CCOCCN1C(=O)OCc1ccccc1. The van der Waals surface area contributed by atoms with E-state index in [1.54, 1.807) is 5.01 Å². The average molecular weight is 278 g/mol. The van der Waals surface area contributed by atoms with E-state index in [2.05, 4.69) is 13.8 Å². The Morgan fingerprint density at radius 2 is 1.95 bits per heavy atom. The maximum absolute atomic E-state index is 12.2. The van der Waals surface area contributed by atoms with E-state index in [-0.39, 0.29) is 12.1 Å². The summed E-state index contributed by atoms with van der Waals surface area (Å²) in [6.07, 6.45) is -0.312. The fraction of sp³-hybridized carbons (Fsp3) is 0.533. The highest BCUT2D eigenvalue weighted by atomic mass is 16.6. The van der Waals surface area contributed by atoms with Crippen LogP contribution in [0.5, 0.6) is 0 Å². The first-order valence-electron chi connectivity index (χ1n) is 7.01. The fourth-order valence-electron chi connectivity index (χ4n) is 2.19. The van der Waals surface area contributed by atoms with E-state index in [9.17, 15) is 4.79 Å². The van der Waals surface area contributed by atoms with Crippen LogP contribution < -0.4 is 0 Å². The van der Waals surface area contributed by atoms with E-state index < -0.39 is 0 Å². The zero-order valence-electron chi connectivity index (χ0n) is 12.1. The van der Waals surface area contributed by atoms with E-state index in [1.807, 2.05) is 35.3 Å². The highest BCUT2D eigenvalue weighted by Gasteiger charge is 2.26. The van der Waals surface area contributed by atoms with Gasteiger partial charge in [0, 0.05) is 12.6 Å². The minimum Gasteiger partial charge on any atom is -0.444 e. The van der Waals surface area contributed by atoms with Crippen LogP contribution in [0.4, 0.5) is 4.79 Å². The van der Waals surface area contributed by atoms with Crippen LogP contribution in [0.15, 0.2) is 30.3 Å². The standard InChI is InChI=1S/C15H22N2O3/c1-13(2)16-8-10-19-11-9-17(16)15(18)20-12-14-6-4-3-5-7-14/h3-7,13H,8-12H2,1-2H3. The van der Waals surface area contributed by atoms with Gasteiger partial charge in [0.15, 0.2) is 0 Å². The molecule has 0 saturated carbocycles. The van der Waals surface area contributed by atoms with Gasteiger partial charge < -0.3 is 9.47 Å². The predicted molar refractivity (Wildman–Crippen MR) is 76.0 cm³/mol. The molecule has 1 aliphatic heterocycles. The largest absolute Gasteiger partial charge is 0.444 e. The van der Waals surface area contributed by atoms with E-state index >= 15 is 0 Å². The lowest BCUT2D eigenvalue weighted by Crippen LogP contribution is -2.50. The molecule has 5 heteroatoms. The minimum absolute atomic E-state index is 0.237. The van der Waals surface area contributed by atoms with E-state index in [4.69, 9.17) is 9.47 Å². The molecule has 0 aliphatic carbocycles. The average Bonchev–Trinajstić information content (AvgIpc) is 2.71. The topological polar surface area (TPSA) is 42.0 Å². The van der Waals surface area contributed by atoms with Gasteiger partial charge in [-0.3, -0.25) is 0 Å². The first-order valence-corrected chi connectivity index (χ1v) is 7.01. The van der Waals surface area contributed by atoms with Crippen molar-refractivity contribution in [2.24, 2.45) is 0 Å². The molecule has 1 heterocycles. The van der Waals surface area contributed by atoms with Crippen LogP contribution in [0, 0.1) is 0 Å². The Morgan fingerprint density at radius 1 is 1.25 bits per heavy atom. The molecule has 1 saturated heterocycles. The van der Waals surface area contributed by atoms with Gasteiger partial charge in [0.05, 0.1) is 19.8 Å². The number of carbonyl (C=O) groups is 1. The molecular formula is C15H22N2O3. The molecular weight excluding hydrogens is 256 g/mol. The Morgan fingerprint density at radius 3 is 2.65 bits per heavy atom. The Balaban J connectivity index is 1.95. The molecule has 1 amide bonds. The molecule has 0 unspecified atom stereocenters. The van der Waals surface area contributed by atoms with Gasteiger partial charge in [-0.15, -0.1) is 0 Å². The van der Waals surface area contributed by atoms with E-state index in [0.29, 0.717) is 32.9 Å². The number of nitrogens with zero attached hydrogens (tertiary/aromatic N) is 2. The first kappa shape index (κ1) is 14.8. The number of benzene rings is 1. The van der Waals surface area contributed by atoms with Crippen molar-refractivity contribution in [1.29, 1.82) is 0 Å². The van der Waals surface area contributed by atoms with Gasteiger partial charge in [-0.1, -0.05) is 30.3 Å². The van der Waals surface area contributed by atoms with Gasteiger partial charge >= 0.3 is 6.09 Å². The van der Waals surface area contributed by atoms with Crippen molar-refractivity contribution >= 4 is 6.09 Å². The van der Waals surface area contributed by atoms with Crippen molar-refractivity contribution < 1.29 is 14.3 Å². The summed E-state index contributed by atoms with van der Waals surface area (Å²) >= 11 is 0. The van der Waals surface area contributed by atoms with Crippen LogP contribution in [0.3, 0.4) is 0 Å². The molecule has 1 aromatic rings. The van der Waals surface area contributed by atoms with Gasteiger partial charge in [-0.05, 0) is 19.4 Å². The number of ether oxygens (including phenoxy) is 2. The molecule has 0 bridgehead atoms. The summed E-state index contributed by atoms with van der Waals surface area (Å²) in [4.78, 5) is 12.2. The van der Waals surface area contributed by atoms with Crippen molar-refractivity contribution in [2.75, 3.05) is 26.3 Å². The molecule has 2 rings (SSSR count). The van der Waals surface area contributed by atoms with Crippen LogP contribution >= 0.6 is 0 Å². The molecule has 0 atom stereocenters. The monoisotopic (exact) mass is 278 g/mol. The number of rotatable bonds is 3. The molecule has 20 heavy (non-hydrogen) atoms. The number of carbonyl (C=O) groups excluding carboxylic acids is 1. The van der Waals surface area contributed by atoms with Gasteiger partial charge in [-0.25, -0.2) is 14.8 Å². The molecule has 1 aliphatic rings. The van der Waals surface area contributed by atoms with E-state index in [1.165, 1.54) is 0 Å². The second kappa shape index (κ2) is 7.26. The third-order valence-corrected chi connectivity index (χ3v) is 3.23. The summed E-state index contributed by atoms with van der Waals surface area (Å²) in [6.45, 7) is 6.84. The Hall–Kier alpha value is -1.59. The summed E-state index contributed by atoms with van der Waals surface area (Å²) in [7, 11) is 0. The Bertz CT molecular complexity index is 422. The smallest absolute Gasteiger partial charge is 0.424 e. The molecule has 5 nitrogen and oxygen atoms in total. The minimum atomic E-state index is -0.312. The van der Waals surface area contributed by atoms with Crippen molar-refractivity contribution in [2.45, 2.75) is 26.5 Å². The zero-order valence-corrected chi connectivity index (χ0v) is 12.1. The lowest BCUT2D eigenvalue weighted by Gasteiger charge is -2.34. The maximum atomic E-state index is 12.2. The number of amides is 1. The Labute approximate surface area is 120 Å². The van der Waals surface area contributed by atoms with Crippen LogP contribution in [0.25, 0.3) is 0 Å². The summed E-state index contributed by atoms with van der Waals surface area (Å²) in [5, 5.41) is 3.65. The summed E-state index contributed by atoms with van der Waals surface area (Å²) in [5.41, 5.74) is 0.989. The van der Waals surface area contributed by atoms with Crippen molar-refractivity contribution in [3.05, 3.63) is 35.9 Å². The normalized spacial score (nSPS) is 17.1. The second-order valence-corrected chi connectivity index (χ2v) is 5.03. The fourth-order valence-corrected chi connectivity index (χ4v) is 2.19. The molecule has 1 fully saturated rings. The zero-order chi connectivity index (χ0) is 14.4. The molecule has 0 N–H and O–H groups in total. The van der Waals surface area contributed by atoms with Gasteiger partial charge in [0.2, 0.25) is 0 Å². The Kier molecular flexibility index (Phi) is 5.38. The quantitative estimate of drug-likeness (QED) is 0.850. The second-order valence-electron chi connectivity index (χ2n) is 5.03. The highest BCUT2D eigenvalue weighted by Crippen LogP contribution is 2.11. The lowest BCUT2D eigenvalue weighted by molar-refractivity contribution is -0.0355. The molecule has 1 aromatic carbocycles. The first-order chi connectivity index (χ1) is 9.68. The number of hydrogen-bond acceptors (Lipinski definition) is 4. The molecule has 0 radical (unpaired) electrons. The van der Waals surface area contributed by atoms with Crippen LogP contribution in [-0.4, -0.2) is 48.5 Å².